The third-order valence-corrected chi connectivity index (χ3v) is 2.96. The van der Waals surface area contributed by atoms with Crippen LogP contribution in [0, 0.1) is 5.92 Å². The van der Waals surface area contributed by atoms with E-state index in [1.807, 2.05) is 6.07 Å². The Kier molecular flexibility index (Phi) is 6.81. The summed E-state index contributed by atoms with van der Waals surface area (Å²) < 4.78 is 5.74. The highest BCUT2D eigenvalue weighted by atomic mass is 16.5. The first-order valence-electron chi connectivity index (χ1n) is 7.09. The zero-order valence-corrected chi connectivity index (χ0v) is 12.2. The summed E-state index contributed by atoms with van der Waals surface area (Å²) in [5.41, 5.74) is 1.30. The zero-order valence-electron chi connectivity index (χ0n) is 12.2. The van der Waals surface area contributed by atoms with Crippen molar-refractivity contribution in [3.8, 4) is 5.75 Å². The Hall–Kier alpha value is -1.02. The molecule has 1 rings (SSSR count). The molecule has 2 nitrogen and oxygen atoms in total. The minimum atomic E-state index is 0.377. The quantitative estimate of drug-likeness (QED) is 0.698. The lowest BCUT2D eigenvalue weighted by atomic mass is 10.1. The molecular formula is C16H27NO. The number of benzene rings is 1. The van der Waals surface area contributed by atoms with Gasteiger partial charge in [-0.15, -0.1) is 0 Å². The van der Waals surface area contributed by atoms with Crippen LogP contribution < -0.4 is 10.1 Å². The van der Waals surface area contributed by atoms with Crippen LogP contribution in [0.4, 0.5) is 0 Å². The molecule has 1 aromatic carbocycles. The van der Waals surface area contributed by atoms with Gasteiger partial charge in [-0.2, -0.15) is 0 Å². The van der Waals surface area contributed by atoms with Crippen molar-refractivity contribution in [2.24, 2.45) is 5.92 Å². The number of rotatable bonds is 8. The van der Waals surface area contributed by atoms with E-state index in [4.69, 9.17) is 4.74 Å². The number of nitrogens with one attached hydrogen (secondary N) is 1. The van der Waals surface area contributed by atoms with E-state index in [1.165, 1.54) is 12.0 Å². The standard InChI is InChI=1S/C16H27NO/c1-5-6-10-18-16-9-7-8-15(11-16)14(4)17-12-13(2)3/h7-9,11,13-14,17H,5-6,10,12H2,1-4H3/t14-/m0/s1. The van der Waals surface area contributed by atoms with E-state index in [9.17, 15) is 0 Å². The Morgan fingerprint density at radius 1 is 1.22 bits per heavy atom. The molecule has 0 radical (unpaired) electrons. The fraction of sp³-hybridized carbons (Fsp3) is 0.625. The van der Waals surface area contributed by atoms with Gasteiger partial charge in [-0.05, 0) is 43.5 Å². The molecule has 0 saturated carbocycles. The highest BCUT2D eigenvalue weighted by Gasteiger charge is 2.06. The predicted octanol–water partition coefficient (Wildman–Crippen LogP) is 4.17. The van der Waals surface area contributed by atoms with Crippen LogP contribution in [0.5, 0.6) is 5.75 Å². The van der Waals surface area contributed by atoms with Crippen LogP contribution in [0.2, 0.25) is 0 Å². The van der Waals surface area contributed by atoms with Crippen molar-refractivity contribution in [1.29, 1.82) is 0 Å². The van der Waals surface area contributed by atoms with Gasteiger partial charge in [0.1, 0.15) is 5.75 Å². The van der Waals surface area contributed by atoms with E-state index in [-0.39, 0.29) is 0 Å². The van der Waals surface area contributed by atoms with Crippen LogP contribution in [-0.4, -0.2) is 13.2 Å². The molecule has 1 N–H and O–H groups in total. The minimum Gasteiger partial charge on any atom is -0.494 e. The number of hydrogen-bond acceptors (Lipinski definition) is 2. The molecule has 0 spiro atoms. The number of unbranched alkanes of at least 4 members (excludes halogenated alkanes) is 1. The van der Waals surface area contributed by atoms with E-state index < -0.39 is 0 Å². The van der Waals surface area contributed by atoms with Gasteiger partial charge < -0.3 is 10.1 Å². The summed E-state index contributed by atoms with van der Waals surface area (Å²) in [6, 6.07) is 8.79. The van der Waals surface area contributed by atoms with Crippen LogP contribution >= 0.6 is 0 Å². The topological polar surface area (TPSA) is 21.3 Å². The Balaban J connectivity index is 2.52. The lowest BCUT2D eigenvalue weighted by molar-refractivity contribution is 0.308. The monoisotopic (exact) mass is 249 g/mol. The van der Waals surface area contributed by atoms with Crippen molar-refractivity contribution in [3.05, 3.63) is 29.8 Å². The van der Waals surface area contributed by atoms with Crippen molar-refractivity contribution in [2.75, 3.05) is 13.2 Å². The molecule has 0 aliphatic rings. The molecule has 0 aliphatic carbocycles. The summed E-state index contributed by atoms with van der Waals surface area (Å²) in [4.78, 5) is 0. The Morgan fingerprint density at radius 3 is 2.67 bits per heavy atom. The molecule has 0 unspecified atom stereocenters. The highest BCUT2D eigenvalue weighted by molar-refractivity contribution is 5.30. The van der Waals surface area contributed by atoms with Crippen molar-refractivity contribution >= 4 is 0 Å². The molecule has 0 aromatic heterocycles. The minimum absolute atomic E-state index is 0.377. The van der Waals surface area contributed by atoms with E-state index in [2.05, 4.69) is 51.2 Å². The Morgan fingerprint density at radius 2 is 2.00 bits per heavy atom. The van der Waals surface area contributed by atoms with Crippen molar-refractivity contribution in [3.63, 3.8) is 0 Å². The maximum absolute atomic E-state index is 5.74. The molecule has 1 atom stereocenters. The first kappa shape index (κ1) is 15.0. The zero-order chi connectivity index (χ0) is 13.4. The highest BCUT2D eigenvalue weighted by Crippen LogP contribution is 2.19. The summed E-state index contributed by atoms with van der Waals surface area (Å²) in [5, 5.41) is 3.54. The van der Waals surface area contributed by atoms with E-state index in [0.29, 0.717) is 12.0 Å². The Labute approximate surface area is 112 Å². The van der Waals surface area contributed by atoms with E-state index >= 15 is 0 Å². The largest absolute Gasteiger partial charge is 0.494 e. The molecule has 0 saturated heterocycles. The second-order valence-corrected chi connectivity index (χ2v) is 5.30. The van der Waals surface area contributed by atoms with Crippen molar-refractivity contribution < 1.29 is 4.74 Å². The fourth-order valence-electron chi connectivity index (χ4n) is 1.74. The third kappa shape index (κ3) is 5.54. The van der Waals surface area contributed by atoms with Crippen LogP contribution in [0.15, 0.2) is 24.3 Å². The fourth-order valence-corrected chi connectivity index (χ4v) is 1.74. The maximum Gasteiger partial charge on any atom is 0.119 e. The van der Waals surface area contributed by atoms with Gasteiger partial charge in [0.25, 0.3) is 0 Å². The van der Waals surface area contributed by atoms with Crippen LogP contribution in [0.3, 0.4) is 0 Å². The normalized spacial score (nSPS) is 12.7. The molecule has 0 amide bonds. The van der Waals surface area contributed by atoms with Gasteiger partial charge in [0.15, 0.2) is 0 Å². The summed E-state index contributed by atoms with van der Waals surface area (Å²) in [7, 11) is 0. The van der Waals surface area contributed by atoms with E-state index in [0.717, 1.165) is 25.3 Å². The van der Waals surface area contributed by atoms with Crippen LogP contribution in [0.1, 0.15) is 52.1 Å². The molecule has 2 heteroatoms. The SMILES string of the molecule is CCCCOc1cccc([C@H](C)NCC(C)C)c1. The van der Waals surface area contributed by atoms with Gasteiger partial charge >= 0.3 is 0 Å². The average Bonchev–Trinajstić information content (AvgIpc) is 2.36. The lowest BCUT2D eigenvalue weighted by Crippen LogP contribution is -2.23. The van der Waals surface area contributed by atoms with E-state index in [1.54, 1.807) is 0 Å². The van der Waals surface area contributed by atoms with Gasteiger partial charge in [0, 0.05) is 6.04 Å². The van der Waals surface area contributed by atoms with Crippen molar-refractivity contribution in [2.45, 2.75) is 46.6 Å². The average molecular weight is 249 g/mol. The summed E-state index contributed by atoms with van der Waals surface area (Å²) in [6.45, 7) is 10.7. The second-order valence-electron chi connectivity index (χ2n) is 5.30. The molecule has 0 heterocycles. The first-order chi connectivity index (χ1) is 8.63. The van der Waals surface area contributed by atoms with Gasteiger partial charge in [0.2, 0.25) is 0 Å². The van der Waals surface area contributed by atoms with Gasteiger partial charge in [-0.25, -0.2) is 0 Å². The molecule has 0 fully saturated rings. The number of ether oxygens (including phenoxy) is 1. The first-order valence-corrected chi connectivity index (χ1v) is 7.09. The second kappa shape index (κ2) is 8.15. The molecule has 102 valence electrons. The predicted molar refractivity (Wildman–Crippen MR) is 78.1 cm³/mol. The summed E-state index contributed by atoms with van der Waals surface area (Å²) in [6.07, 6.45) is 2.29. The molecule has 0 aliphatic heterocycles. The summed E-state index contributed by atoms with van der Waals surface area (Å²) in [5.74, 6) is 1.66. The smallest absolute Gasteiger partial charge is 0.119 e. The molecule has 18 heavy (non-hydrogen) atoms. The Bertz CT molecular complexity index is 336. The van der Waals surface area contributed by atoms with Gasteiger partial charge in [-0.1, -0.05) is 39.3 Å². The molecule has 1 aromatic rings. The molecular weight excluding hydrogens is 222 g/mol. The van der Waals surface area contributed by atoms with Gasteiger partial charge in [-0.3, -0.25) is 0 Å². The van der Waals surface area contributed by atoms with Crippen LogP contribution in [-0.2, 0) is 0 Å². The summed E-state index contributed by atoms with van der Waals surface area (Å²) >= 11 is 0. The third-order valence-electron chi connectivity index (χ3n) is 2.96. The lowest BCUT2D eigenvalue weighted by Gasteiger charge is -2.17. The van der Waals surface area contributed by atoms with Gasteiger partial charge in [0.05, 0.1) is 6.61 Å². The number of hydrogen-bond donors (Lipinski definition) is 1. The van der Waals surface area contributed by atoms with Crippen molar-refractivity contribution in [1.82, 2.24) is 5.32 Å². The molecule has 0 bridgehead atoms. The van der Waals surface area contributed by atoms with Crippen LogP contribution in [0.25, 0.3) is 0 Å². The maximum atomic E-state index is 5.74.